The Hall–Kier alpha value is -4.53. The molecule has 0 aliphatic rings. The van der Waals surface area contributed by atoms with Crippen LogP contribution in [0.4, 0.5) is 11.4 Å². The highest BCUT2D eigenvalue weighted by Crippen LogP contribution is 2.21. The summed E-state index contributed by atoms with van der Waals surface area (Å²) in [5, 5.41) is 16.6. The number of hydrogen-bond donors (Lipinski definition) is 2. The van der Waals surface area contributed by atoms with Crippen LogP contribution in [0.5, 0.6) is 5.75 Å². The first-order valence-electron chi connectivity index (χ1n) is 9.33. The molecule has 0 saturated heterocycles. The number of aromatic nitrogens is 4. The third-order valence-corrected chi connectivity index (χ3v) is 4.49. The number of amides is 2. The molecule has 9 heteroatoms. The number of anilines is 2. The SMILES string of the molecule is COc1cccc(NC(=O)c2ccccc2NC(=O)c2ccc(-n3cnnn3)cc2)c1. The van der Waals surface area contributed by atoms with Gasteiger partial charge >= 0.3 is 0 Å². The average molecular weight is 414 g/mol. The molecule has 0 atom stereocenters. The molecule has 0 radical (unpaired) electrons. The lowest BCUT2D eigenvalue weighted by Crippen LogP contribution is -2.18. The van der Waals surface area contributed by atoms with Gasteiger partial charge in [0.1, 0.15) is 12.1 Å². The fourth-order valence-corrected chi connectivity index (χ4v) is 2.93. The van der Waals surface area contributed by atoms with Crippen LogP contribution in [0, 0.1) is 0 Å². The van der Waals surface area contributed by atoms with Gasteiger partial charge in [-0.3, -0.25) is 9.59 Å². The zero-order valence-electron chi connectivity index (χ0n) is 16.5. The summed E-state index contributed by atoms with van der Waals surface area (Å²) in [4.78, 5) is 25.5. The smallest absolute Gasteiger partial charge is 0.257 e. The van der Waals surface area contributed by atoms with Crippen LogP contribution in [-0.2, 0) is 0 Å². The first-order valence-corrected chi connectivity index (χ1v) is 9.33. The highest BCUT2D eigenvalue weighted by atomic mass is 16.5. The molecule has 0 saturated carbocycles. The molecule has 0 aliphatic heterocycles. The lowest BCUT2D eigenvalue weighted by atomic mass is 10.1. The second kappa shape index (κ2) is 8.87. The maximum absolute atomic E-state index is 12.8. The minimum absolute atomic E-state index is 0.337. The minimum Gasteiger partial charge on any atom is -0.497 e. The lowest BCUT2D eigenvalue weighted by molar-refractivity contribution is 0.102. The summed E-state index contributed by atoms with van der Waals surface area (Å²) in [6.45, 7) is 0. The van der Waals surface area contributed by atoms with Crippen molar-refractivity contribution in [3.05, 3.63) is 90.3 Å². The quantitative estimate of drug-likeness (QED) is 0.501. The van der Waals surface area contributed by atoms with Gasteiger partial charge in [0, 0.05) is 17.3 Å². The molecular weight excluding hydrogens is 396 g/mol. The first-order chi connectivity index (χ1) is 15.1. The van der Waals surface area contributed by atoms with Crippen LogP contribution in [0.3, 0.4) is 0 Å². The Morgan fingerprint density at radius 1 is 0.903 bits per heavy atom. The van der Waals surface area contributed by atoms with E-state index in [0.717, 1.165) is 5.69 Å². The number of nitrogens with one attached hydrogen (secondary N) is 2. The van der Waals surface area contributed by atoms with Crippen LogP contribution < -0.4 is 15.4 Å². The van der Waals surface area contributed by atoms with Gasteiger partial charge in [-0.1, -0.05) is 18.2 Å². The van der Waals surface area contributed by atoms with E-state index in [-0.39, 0.29) is 11.8 Å². The van der Waals surface area contributed by atoms with Gasteiger partial charge in [-0.05, 0) is 59.0 Å². The topological polar surface area (TPSA) is 111 Å². The number of hydrogen-bond acceptors (Lipinski definition) is 6. The second-order valence-corrected chi connectivity index (χ2v) is 6.49. The predicted molar refractivity (Wildman–Crippen MR) is 114 cm³/mol. The van der Waals surface area contributed by atoms with Gasteiger partial charge in [0.15, 0.2) is 0 Å². The van der Waals surface area contributed by atoms with E-state index < -0.39 is 0 Å². The van der Waals surface area contributed by atoms with Crippen molar-refractivity contribution in [3.63, 3.8) is 0 Å². The zero-order valence-corrected chi connectivity index (χ0v) is 16.5. The molecule has 3 aromatic carbocycles. The molecule has 1 heterocycles. The summed E-state index contributed by atoms with van der Waals surface area (Å²) >= 11 is 0. The number of nitrogens with zero attached hydrogens (tertiary/aromatic N) is 4. The summed E-state index contributed by atoms with van der Waals surface area (Å²) in [7, 11) is 1.56. The van der Waals surface area contributed by atoms with Crippen molar-refractivity contribution in [2.24, 2.45) is 0 Å². The van der Waals surface area contributed by atoms with Gasteiger partial charge in [-0.25, -0.2) is 4.68 Å². The van der Waals surface area contributed by atoms with Gasteiger partial charge < -0.3 is 15.4 Å². The zero-order chi connectivity index (χ0) is 21.6. The highest BCUT2D eigenvalue weighted by Gasteiger charge is 2.15. The highest BCUT2D eigenvalue weighted by molar-refractivity contribution is 6.12. The van der Waals surface area contributed by atoms with Crippen molar-refractivity contribution in [2.75, 3.05) is 17.7 Å². The van der Waals surface area contributed by atoms with E-state index in [2.05, 4.69) is 26.2 Å². The molecule has 9 nitrogen and oxygen atoms in total. The molecule has 1 aromatic heterocycles. The standard InChI is InChI=1S/C22H18N6O3/c1-31-18-6-4-5-16(13-18)24-22(30)19-7-2-3-8-20(19)25-21(29)15-9-11-17(12-10-15)28-14-23-26-27-28/h2-14H,1H3,(H,24,30)(H,25,29). The van der Waals surface area contributed by atoms with E-state index >= 15 is 0 Å². The Morgan fingerprint density at radius 2 is 1.71 bits per heavy atom. The molecule has 0 aliphatic carbocycles. The maximum atomic E-state index is 12.8. The van der Waals surface area contributed by atoms with E-state index in [4.69, 9.17) is 4.74 Å². The Bertz CT molecular complexity index is 1210. The molecule has 2 amide bonds. The van der Waals surface area contributed by atoms with E-state index in [9.17, 15) is 9.59 Å². The van der Waals surface area contributed by atoms with Crippen LogP contribution >= 0.6 is 0 Å². The monoisotopic (exact) mass is 414 g/mol. The van der Waals surface area contributed by atoms with E-state index in [1.54, 1.807) is 79.9 Å². The van der Waals surface area contributed by atoms with E-state index in [1.807, 2.05) is 0 Å². The molecule has 0 fully saturated rings. The Kier molecular flexibility index (Phi) is 5.66. The van der Waals surface area contributed by atoms with E-state index in [1.165, 1.54) is 11.0 Å². The third-order valence-electron chi connectivity index (χ3n) is 4.49. The maximum Gasteiger partial charge on any atom is 0.257 e. The molecule has 2 N–H and O–H groups in total. The van der Waals surface area contributed by atoms with Gasteiger partial charge in [-0.2, -0.15) is 0 Å². The van der Waals surface area contributed by atoms with Crippen molar-refractivity contribution in [1.82, 2.24) is 20.2 Å². The number of benzene rings is 3. The Morgan fingerprint density at radius 3 is 2.45 bits per heavy atom. The number of tetrazole rings is 1. The van der Waals surface area contributed by atoms with Gasteiger partial charge in [0.05, 0.1) is 24.0 Å². The van der Waals surface area contributed by atoms with Crippen molar-refractivity contribution in [3.8, 4) is 11.4 Å². The minimum atomic E-state index is -0.349. The summed E-state index contributed by atoms with van der Waals surface area (Å²) in [6, 6.07) is 20.6. The van der Waals surface area contributed by atoms with Crippen LogP contribution in [0.25, 0.3) is 5.69 Å². The van der Waals surface area contributed by atoms with Crippen LogP contribution in [0.1, 0.15) is 20.7 Å². The summed E-state index contributed by atoms with van der Waals surface area (Å²) < 4.78 is 6.66. The predicted octanol–water partition coefficient (Wildman–Crippen LogP) is 3.18. The Labute approximate surface area is 177 Å². The third kappa shape index (κ3) is 4.56. The van der Waals surface area contributed by atoms with Gasteiger partial charge in [-0.15, -0.1) is 5.10 Å². The van der Waals surface area contributed by atoms with Gasteiger partial charge in [0.2, 0.25) is 0 Å². The van der Waals surface area contributed by atoms with Crippen molar-refractivity contribution in [2.45, 2.75) is 0 Å². The summed E-state index contributed by atoms with van der Waals surface area (Å²) in [5.74, 6) is -0.0624. The average Bonchev–Trinajstić information content (AvgIpc) is 3.34. The molecule has 154 valence electrons. The van der Waals surface area contributed by atoms with E-state index in [0.29, 0.717) is 28.3 Å². The first kappa shape index (κ1) is 19.8. The normalized spacial score (nSPS) is 10.4. The lowest BCUT2D eigenvalue weighted by Gasteiger charge is -2.12. The number of methoxy groups -OCH3 is 1. The number of rotatable bonds is 6. The number of carbonyl (C=O) groups excluding carboxylic acids is 2. The molecular formula is C22H18N6O3. The molecule has 0 unspecified atom stereocenters. The number of ether oxygens (including phenoxy) is 1. The van der Waals surface area contributed by atoms with Crippen molar-refractivity contribution in [1.29, 1.82) is 0 Å². The molecule has 4 rings (SSSR count). The molecule has 0 spiro atoms. The fraction of sp³-hybridized carbons (Fsp3) is 0.0455. The summed E-state index contributed by atoms with van der Waals surface area (Å²) in [5.41, 5.74) is 2.48. The van der Waals surface area contributed by atoms with Crippen LogP contribution in [0.15, 0.2) is 79.1 Å². The molecule has 4 aromatic rings. The molecule has 0 bridgehead atoms. The second-order valence-electron chi connectivity index (χ2n) is 6.49. The number of carbonyl (C=O) groups is 2. The Balaban J connectivity index is 1.50. The van der Waals surface area contributed by atoms with Gasteiger partial charge in [0.25, 0.3) is 11.8 Å². The van der Waals surface area contributed by atoms with Crippen molar-refractivity contribution >= 4 is 23.2 Å². The number of para-hydroxylation sites is 1. The van der Waals surface area contributed by atoms with Crippen LogP contribution in [-0.4, -0.2) is 39.1 Å². The van der Waals surface area contributed by atoms with Crippen molar-refractivity contribution < 1.29 is 14.3 Å². The largest absolute Gasteiger partial charge is 0.497 e. The van der Waals surface area contributed by atoms with Crippen LogP contribution in [0.2, 0.25) is 0 Å². The molecule has 31 heavy (non-hydrogen) atoms. The fourth-order valence-electron chi connectivity index (χ4n) is 2.93. The summed E-state index contributed by atoms with van der Waals surface area (Å²) in [6.07, 6.45) is 1.46.